The van der Waals surface area contributed by atoms with Crippen LogP contribution in [-0.2, 0) is 6.42 Å². The van der Waals surface area contributed by atoms with E-state index in [9.17, 15) is 5.11 Å². The molecule has 130 valence electrons. The van der Waals surface area contributed by atoms with Crippen molar-refractivity contribution in [3.05, 3.63) is 54.6 Å². The summed E-state index contributed by atoms with van der Waals surface area (Å²) in [6.07, 6.45) is 5.64. The number of rotatable bonds is 6. The van der Waals surface area contributed by atoms with Gasteiger partial charge in [-0.15, -0.1) is 0 Å². The third-order valence-corrected chi connectivity index (χ3v) is 3.72. The first kappa shape index (κ1) is 15.8. The molecule has 0 bridgehead atoms. The number of anilines is 3. The second-order valence-corrected chi connectivity index (χ2v) is 5.54. The molecule has 4 N–H and O–H groups in total. The van der Waals surface area contributed by atoms with Gasteiger partial charge in [0.05, 0.1) is 6.33 Å². The van der Waals surface area contributed by atoms with Crippen LogP contribution < -0.4 is 10.6 Å². The monoisotopic (exact) mass is 348 g/mol. The maximum Gasteiger partial charge on any atom is 0.233 e. The van der Waals surface area contributed by atoms with Crippen molar-refractivity contribution in [2.45, 2.75) is 6.42 Å². The van der Waals surface area contributed by atoms with E-state index in [-0.39, 0.29) is 5.75 Å². The summed E-state index contributed by atoms with van der Waals surface area (Å²) in [4.78, 5) is 24.3. The van der Waals surface area contributed by atoms with Gasteiger partial charge in [-0.3, -0.25) is 5.32 Å². The minimum Gasteiger partial charge on any atom is -0.508 e. The molecule has 0 spiro atoms. The van der Waals surface area contributed by atoms with Crippen LogP contribution in [0.25, 0.3) is 11.2 Å². The Labute approximate surface area is 148 Å². The van der Waals surface area contributed by atoms with Crippen LogP contribution in [0, 0.1) is 0 Å². The fourth-order valence-electron chi connectivity index (χ4n) is 2.47. The number of imidazole rings is 1. The van der Waals surface area contributed by atoms with Crippen molar-refractivity contribution in [2.75, 3.05) is 17.2 Å². The van der Waals surface area contributed by atoms with E-state index in [4.69, 9.17) is 0 Å². The van der Waals surface area contributed by atoms with Gasteiger partial charge >= 0.3 is 0 Å². The summed E-state index contributed by atoms with van der Waals surface area (Å²) in [7, 11) is 0. The lowest BCUT2D eigenvalue weighted by atomic mass is 10.1. The van der Waals surface area contributed by atoms with E-state index in [1.807, 2.05) is 12.1 Å². The zero-order valence-electron chi connectivity index (χ0n) is 13.7. The maximum absolute atomic E-state index is 9.35. The number of aromatic hydroxyl groups is 1. The summed E-state index contributed by atoms with van der Waals surface area (Å²) in [5.74, 6) is 1.68. The van der Waals surface area contributed by atoms with Crippen LogP contribution in [0.3, 0.4) is 0 Å². The number of hydrogen-bond donors (Lipinski definition) is 4. The molecule has 0 saturated carbocycles. The van der Waals surface area contributed by atoms with E-state index < -0.39 is 0 Å². The zero-order valence-corrected chi connectivity index (χ0v) is 13.7. The molecule has 26 heavy (non-hydrogen) atoms. The highest BCUT2D eigenvalue weighted by Gasteiger charge is 2.10. The molecule has 9 heteroatoms. The van der Waals surface area contributed by atoms with Gasteiger partial charge < -0.3 is 15.4 Å². The summed E-state index contributed by atoms with van der Waals surface area (Å²) in [5.41, 5.74) is 2.39. The van der Waals surface area contributed by atoms with Crippen molar-refractivity contribution in [1.82, 2.24) is 29.9 Å². The van der Waals surface area contributed by atoms with Crippen LogP contribution in [0.4, 0.5) is 17.7 Å². The van der Waals surface area contributed by atoms with Gasteiger partial charge in [0.2, 0.25) is 11.9 Å². The smallest absolute Gasteiger partial charge is 0.233 e. The molecule has 0 fully saturated rings. The van der Waals surface area contributed by atoms with Crippen LogP contribution >= 0.6 is 0 Å². The second kappa shape index (κ2) is 7.01. The number of fused-ring (bicyclic) bond motifs is 1. The molecule has 3 aromatic heterocycles. The summed E-state index contributed by atoms with van der Waals surface area (Å²) < 4.78 is 0. The molecule has 9 nitrogen and oxygen atoms in total. The van der Waals surface area contributed by atoms with Crippen LogP contribution in [0.2, 0.25) is 0 Å². The van der Waals surface area contributed by atoms with Gasteiger partial charge in [0.25, 0.3) is 0 Å². The summed E-state index contributed by atoms with van der Waals surface area (Å²) in [6, 6.07) is 8.87. The Kier molecular flexibility index (Phi) is 4.25. The number of aromatic amines is 1. The topological polar surface area (TPSA) is 125 Å². The molecule has 0 aliphatic heterocycles. The number of aromatic nitrogens is 6. The maximum atomic E-state index is 9.35. The molecular formula is C17H16N8O. The number of phenolic OH excluding ortho intramolecular Hbond substituents is 1. The highest BCUT2D eigenvalue weighted by Crippen LogP contribution is 2.20. The van der Waals surface area contributed by atoms with Crippen LogP contribution in [0.5, 0.6) is 5.75 Å². The van der Waals surface area contributed by atoms with Gasteiger partial charge in [-0.05, 0) is 30.2 Å². The summed E-state index contributed by atoms with van der Waals surface area (Å²) in [6.45, 7) is 0.664. The predicted molar refractivity (Wildman–Crippen MR) is 97.3 cm³/mol. The van der Waals surface area contributed by atoms with Crippen LogP contribution in [0.15, 0.2) is 49.1 Å². The van der Waals surface area contributed by atoms with Gasteiger partial charge in [0.1, 0.15) is 11.3 Å². The number of H-pyrrole nitrogens is 1. The minimum atomic E-state index is 0.260. The van der Waals surface area contributed by atoms with Gasteiger partial charge in [-0.1, -0.05) is 12.1 Å². The number of nitrogens with one attached hydrogen (secondary N) is 3. The Morgan fingerprint density at radius 2 is 1.77 bits per heavy atom. The predicted octanol–water partition coefficient (Wildman–Crippen LogP) is 2.25. The minimum absolute atomic E-state index is 0.260. The van der Waals surface area contributed by atoms with E-state index >= 15 is 0 Å². The standard InChI is InChI=1S/C17H16N8O/c26-12-4-2-11(3-5-12)6-9-18-14-13-15(22-10-21-13)24-17(23-14)25-16-19-7-1-8-20-16/h1-5,7-8,10,26H,6,9H2,(H3,18,19,20,21,22,23,24,25). The Balaban J connectivity index is 1.51. The molecule has 0 unspecified atom stereocenters. The number of phenols is 1. The zero-order chi connectivity index (χ0) is 17.8. The lowest BCUT2D eigenvalue weighted by Crippen LogP contribution is -2.09. The lowest BCUT2D eigenvalue weighted by molar-refractivity contribution is 0.475. The molecule has 0 saturated heterocycles. The third-order valence-electron chi connectivity index (χ3n) is 3.72. The highest BCUT2D eigenvalue weighted by molar-refractivity contribution is 5.83. The molecule has 0 amide bonds. The average Bonchev–Trinajstić information content (AvgIpc) is 3.13. The van der Waals surface area contributed by atoms with Crippen molar-refractivity contribution in [1.29, 1.82) is 0 Å². The Morgan fingerprint density at radius 3 is 2.58 bits per heavy atom. The van der Waals surface area contributed by atoms with Gasteiger partial charge in [-0.2, -0.15) is 9.97 Å². The SMILES string of the molecule is Oc1ccc(CCNc2nc(Nc3ncccn3)nc3nc[nH]c23)cc1. The van der Waals surface area contributed by atoms with E-state index in [2.05, 4.69) is 40.5 Å². The second-order valence-electron chi connectivity index (χ2n) is 5.54. The Bertz CT molecular complexity index is 1000. The number of hydrogen-bond acceptors (Lipinski definition) is 8. The normalized spacial score (nSPS) is 10.8. The van der Waals surface area contributed by atoms with Crippen LogP contribution in [-0.4, -0.2) is 41.6 Å². The number of benzene rings is 1. The molecule has 0 radical (unpaired) electrons. The molecule has 3 heterocycles. The van der Waals surface area contributed by atoms with Gasteiger partial charge in [0.15, 0.2) is 11.5 Å². The molecule has 0 aliphatic carbocycles. The van der Waals surface area contributed by atoms with Crippen molar-refractivity contribution in [2.24, 2.45) is 0 Å². The lowest BCUT2D eigenvalue weighted by Gasteiger charge is -2.09. The van der Waals surface area contributed by atoms with E-state index in [1.54, 1.807) is 36.9 Å². The van der Waals surface area contributed by atoms with Crippen molar-refractivity contribution < 1.29 is 5.11 Å². The van der Waals surface area contributed by atoms with Crippen molar-refractivity contribution in [3.8, 4) is 5.75 Å². The van der Waals surface area contributed by atoms with E-state index in [0.29, 0.717) is 29.9 Å². The molecular weight excluding hydrogens is 332 g/mol. The Morgan fingerprint density at radius 1 is 0.962 bits per heavy atom. The van der Waals surface area contributed by atoms with Crippen LogP contribution in [0.1, 0.15) is 5.56 Å². The first-order valence-corrected chi connectivity index (χ1v) is 8.05. The Hall–Kier alpha value is -3.75. The van der Waals surface area contributed by atoms with Gasteiger partial charge in [-0.25, -0.2) is 15.0 Å². The molecule has 4 aromatic rings. The fourth-order valence-corrected chi connectivity index (χ4v) is 2.47. The quantitative estimate of drug-likeness (QED) is 0.418. The highest BCUT2D eigenvalue weighted by atomic mass is 16.3. The molecule has 0 atom stereocenters. The first-order chi connectivity index (χ1) is 12.8. The third kappa shape index (κ3) is 3.51. The van der Waals surface area contributed by atoms with E-state index in [1.165, 1.54) is 0 Å². The largest absolute Gasteiger partial charge is 0.508 e. The van der Waals surface area contributed by atoms with Crippen molar-refractivity contribution in [3.63, 3.8) is 0 Å². The van der Waals surface area contributed by atoms with Crippen molar-refractivity contribution >= 4 is 28.9 Å². The molecule has 4 rings (SSSR count). The summed E-state index contributed by atoms with van der Waals surface area (Å²) >= 11 is 0. The fraction of sp³-hybridized carbons (Fsp3) is 0.118. The summed E-state index contributed by atoms with van der Waals surface area (Å²) in [5, 5.41) is 15.6. The number of nitrogens with zero attached hydrogens (tertiary/aromatic N) is 5. The average molecular weight is 348 g/mol. The molecule has 0 aliphatic rings. The van der Waals surface area contributed by atoms with E-state index in [0.717, 1.165) is 17.5 Å². The molecule has 1 aromatic carbocycles. The van der Waals surface area contributed by atoms with Gasteiger partial charge in [0, 0.05) is 18.9 Å². The first-order valence-electron chi connectivity index (χ1n) is 8.05.